The molecular weight excluding hydrogens is 266 g/mol. The molecule has 1 aliphatic rings. The molecule has 4 nitrogen and oxygen atoms in total. The first-order chi connectivity index (χ1) is 9.49. The van der Waals surface area contributed by atoms with Gasteiger partial charge in [-0.05, 0) is 19.1 Å². The van der Waals surface area contributed by atoms with Gasteiger partial charge in [0.25, 0.3) is 5.92 Å². The summed E-state index contributed by atoms with van der Waals surface area (Å²) >= 11 is 0. The first kappa shape index (κ1) is 12.8. The molecule has 0 unspecified atom stereocenters. The molecule has 0 fully saturated rings. The molecule has 1 aliphatic carbocycles. The summed E-state index contributed by atoms with van der Waals surface area (Å²) in [4.78, 5) is 11.9. The van der Waals surface area contributed by atoms with Crippen LogP contribution in [0.2, 0.25) is 0 Å². The minimum Gasteiger partial charge on any atom is -0.447 e. The Morgan fingerprint density at radius 3 is 2.80 bits per heavy atom. The van der Waals surface area contributed by atoms with E-state index in [2.05, 4.69) is 10.2 Å². The summed E-state index contributed by atoms with van der Waals surface area (Å²) in [6.07, 6.45) is -2.09. The molecule has 0 saturated carbocycles. The van der Waals surface area contributed by atoms with E-state index in [1.54, 1.807) is 25.1 Å². The number of benzene rings is 1. The smallest absolute Gasteiger partial charge is 0.338 e. The molecule has 3 rings (SSSR count). The van der Waals surface area contributed by atoms with E-state index in [1.165, 1.54) is 12.1 Å². The number of hydrogen-bond acceptors (Lipinski definition) is 3. The molecule has 2 aromatic rings. The lowest BCUT2D eigenvalue weighted by Crippen LogP contribution is -2.27. The normalized spacial score (nSPS) is 19.6. The fourth-order valence-corrected chi connectivity index (χ4v) is 2.39. The highest BCUT2D eigenvalue weighted by Gasteiger charge is 2.52. The van der Waals surface area contributed by atoms with Gasteiger partial charge in [0.1, 0.15) is 0 Å². The number of aryl methyl sites for hydroxylation is 1. The minimum atomic E-state index is -3.12. The molecule has 1 aromatic heterocycles. The average molecular weight is 278 g/mol. The maximum Gasteiger partial charge on any atom is 0.338 e. The second-order valence-electron chi connectivity index (χ2n) is 4.80. The zero-order valence-corrected chi connectivity index (χ0v) is 10.7. The van der Waals surface area contributed by atoms with Crippen LogP contribution in [-0.2, 0) is 11.2 Å². The monoisotopic (exact) mass is 278 g/mol. The van der Waals surface area contributed by atoms with Gasteiger partial charge < -0.3 is 4.74 Å². The predicted molar refractivity (Wildman–Crippen MR) is 66.6 cm³/mol. The van der Waals surface area contributed by atoms with Gasteiger partial charge in [0.05, 0.1) is 17.7 Å². The summed E-state index contributed by atoms with van der Waals surface area (Å²) in [5, 5.41) is 6.47. The average Bonchev–Trinajstić information content (AvgIpc) is 2.88. The lowest BCUT2D eigenvalue weighted by molar-refractivity contribution is -0.106. The number of hydrogen-bond donors (Lipinski definition) is 1. The summed E-state index contributed by atoms with van der Waals surface area (Å²) in [5.74, 6) is -3.88. The van der Waals surface area contributed by atoms with Crippen LogP contribution in [0.3, 0.4) is 0 Å². The Labute approximate surface area is 113 Å². The van der Waals surface area contributed by atoms with Gasteiger partial charge >= 0.3 is 5.97 Å². The molecule has 104 valence electrons. The second kappa shape index (κ2) is 4.40. The van der Waals surface area contributed by atoms with Crippen molar-refractivity contribution in [2.45, 2.75) is 25.4 Å². The molecule has 0 saturated heterocycles. The van der Waals surface area contributed by atoms with E-state index < -0.39 is 24.4 Å². The molecule has 1 heterocycles. The highest BCUT2D eigenvalue weighted by molar-refractivity contribution is 5.89. The summed E-state index contributed by atoms with van der Waals surface area (Å²) in [5.41, 5.74) is 1.30. The number of rotatable bonds is 2. The Kier molecular flexibility index (Phi) is 2.81. The van der Waals surface area contributed by atoms with E-state index in [0.29, 0.717) is 11.3 Å². The van der Waals surface area contributed by atoms with Gasteiger partial charge in [0.2, 0.25) is 0 Å². The van der Waals surface area contributed by atoms with Gasteiger partial charge in [-0.25, -0.2) is 13.6 Å². The molecule has 0 bridgehead atoms. The third-order valence-electron chi connectivity index (χ3n) is 3.36. The van der Waals surface area contributed by atoms with Crippen molar-refractivity contribution in [3.05, 3.63) is 52.8 Å². The molecule has 20 heavy (non-hydrogen) atoms. The van der Waals surface area contributed by atoms with Gasteiger partial charge in [0.15, 0.2) is 6.10 Å². The first-order valence-electron chi connectivity index (χ1n) is 6.16. The third kappa shape index (κ3) is 1.97. The number of aromatic nitrogens is 2. The molecule has 0 aliphatic heterocycles. The van der Waals surface area contributed by atoms with Crippen LogP contribution in [0.25, 0.3) is 0 Å². The number of fused-ring (bicyclic) bond motifs is 1. The van der Waals surface area contributed by atoms with Crippen molar-refractivity contribution in [1.29, 1.82) is 0 Å². The predicted octanol–water partition coefficient (Wildman–Crippen LogP) is 2.81. The van der Waals surface area contributed by atoms with Crippen LogP contribution >= 0.6 is 0 Å². The van der Waals surface area contributed by atoms with Gasteiger partial charge in [-0.3, -0.25) is 5.10 Å². The van der Waals surface area contributed by atoms with E-state index in [9.17, 15) is 13.6 Å². The lowest BCUT2D eigenvalue weighted by atomic mass is 10.1. The fraction of sp³-hybridized carbons (Fsp3) is 0.286. The van der Waals surface area contributed by atoms with Crippen molar-refractivity contribution in [3.63, 3.8) is 0 Å². The van der Waals surface area contributed by atoms with Crippen molar-refractivity contribution < 1.29 is 18.3 Å². The van der Waals surface area contributed by atoms with Crippen LogP contribution in [0, 0.1) is 6.92 Å². The van der Waals surface area contributed by atoms with Gasteiger partial charge in [-0.15, -0.1) is 0 Å². The van der Waals surface area contributed by atoms with Crippen LogP contribution in [0.5, 0.6) is 0 Å². The van der Waals surface area contributed by atoms with Crippen molar-refractivity contribution in [1.82, 2.24) is 10.2 Å². The van der Waals surface area contributed by atoms with Gasteiger partial charge in [-0.1, -0.05) is 18.2 Å². The maximum atomic E-state index is 14.0. The van der Waals surface area contributed by atoms with Crippen molar-refractivity contribution in [2.24, 2.45) is 0 Å². The van der Waals surface area contributed by atoms with Crippen LogP contribution < -0.4 is 0 Å². The van der Waals surface area contributed by atoms with E-state index in [1.807, 2.05) is 0 Å². The molecule has 1 atom stereocenters. The number of halogens is 2. The summed E-state index contributed by atoms with van der Waals surface area (Å²) < 4.78 is 32.9. The third-order valence-corrected chi connectivity index (χ3v) is 3.36. The molecule has 0 spiro atoms. The number of ether oxygens (including phenoxy) is 1. The number of H-pyrrole nitrogens is 1. The van der Waals surface area contributed by atoms with Crippen molar-refractivity contribution in [2.75, 3.05) is 0 Å². The van der Waals surface area contributed by atoms with Crippen LogP contribution in [-0.4, -0.2) is 22.1 Å². The largest absolute Gasteiger partial charge is 0.447 e. The Balaban J connectivity index is 1.90. The van der Waals surface area contributed by atoms with Gasteiger partial charge in [0, 0.05) is 11.3 Å². The quantitative estimate of drug-likeness (QED) is 0.859. The summed E-state index contributed by atoms with van der Waals surface area (Å²) in [6, 6.07) is 8.09. The SMILES string of the molecule is Cc1[nH]nc2c1[C@H](OC(=O)c1ccccc1)C(F)(F)C2. The Morgan fingerprint density at radius 2 is 2.10 bits per heavy atom. The van der Waals surface area contributed by atoms with Gasteiger partial charge in [-0.2, -0.15) is 5.10 Å². The molecule has 1 aromatic carbocycles. The number of nitrogens with one attached hydrogen (secondary N) is 1. The van der Waals surface area contributed by atoms with Crippen LogP contribution in [0.1, 0.15) is 33.4 Å². The fourth-order valence-electron chi connectivity index (χ4n) is 2.39. The number of carbonyl (C=O) groups excluding carboxylic acids is 1. The Morgan fingerprint density at radius 1 is 1.40 bits per heavy atom. The molecule has 6 heteroatoms. The van der Waals surface area contributed by atoms with Crippen LogP contribution in [0.4, 0.5) is 8.78 Å². The number of alkyl halides is 2. The zero-order chi connectivity index (χ0) is 14.3. The second-order valence-corrected chi connectivity index (χ2v) is 4.80. The van der Waals surface area contributed by atoms with E-state index >= 15 is 0 Å². The van der Waals surface area contributed by atoms with Crippen LogP contribution in [0.15, 0.2) is 30.3 Å². The summed E-state index contributed by atoms with van der Waals surface area (Å²) in [7, 11) is 0. The lowest BCUT2D eigenvalue weighted by Gasteiger charge is -2.20. The summed E-state index contributed by atoms with van der Waals surface area (Å²) in [6.45, 7) is 1.64. The standard InChI is InChI=1S/C14H12F2N2O2/c1-8-11-10(18-17-8)7-14(15,16)12(11)20-13(19)9-5-3-2-4-6-9/h2-6,12H,7H2,1H3,(H,17,18)/t12-/m0/s1. The maximum absolute atomic E-state index is 14.0. The molecule has 1 N–H and O–H groups in total. The number of aromatic amines is 1. The number of carbonyl (C=O) groups is 1. The topological polar surface area (TPSA) is 55.0 Å². The van der Waals surface area contributed by atoms with Crippen molar-refractivity contribution >= 4 is 5.97 Å². The molecule has 0 amide bonds. The highest BCUT2D eigenvalue weighted by atomic mass is 19.3. The number of nitrogens with zero attached hydrogens (tertiary/aromatic N) is 1. The molecule has 0 radical (unpaired) electrons. The van der Waals surface area contributed by atoms with E-state index in [4.69, 9.17) is 4.74 Å². The first-order valence-corrected chi connectivity index (χ1v) is 6.16. The van der Waals surface area contributed by atoms with Crippen molar-refractivity contribution in [3.8, 4) is 0 Å². The number of esters is 1. The Hall–Kier alpha value is -2.24. The molecular formula is C14H12F2N2O2. The van der Waals surface area contributed by atoms with E-state index in [-0.39, 0.29) is 11.3 Å². The zero-order valence-electron chi connectivity index (χ0n) is 10.7. The Bertz CT molecular complexity index is 652. The van der Waals surface area contributed by atoms with E-state index in [0.717, 1.165) is 0 Å². The highest BCUT2D eigenvalue weighted by Crippen LogP contribution is 2.46. The minimum absolute atomic E-state index is 0.248.